The number of anilines is 1. The summed E-state index contributed by atoms with van der Waals surface area (Å²) in [6.07, 6.45) is 1.76. The van der Waals surface area contributed by atoms with Crippen molar-refractivity contribution in [3.05, 3.63) is 30.3 Å². The number of benzene rings is 1. The molecule has 0 bridgehead atoms. The van der Waals surface area contributed by atoms with Gasteiger partial charge in [-0.2, -0.15) is 12.7 Å². The average Bonchev–Trinajstić information content (AvgIpc) is 2.39. The van der Waals surface area contributed by atoms with Crippen LogP contribution in [0.2, 0.25) is 0 Å². The summed E-state index contributed by atoms with van der Waals surface area (Å²) >= 11 is 0. The first-order valence-electron chi connectivity index (χ1n) is 6.08. The van der Waals surface area contributed by atoms with Crippen molar-refractivity contribution in [1.82, 2.24) is 4.31 Å². The Morgan fingerprint density at radius 2 is 1.95 bits per heavy atom. The van der Waals surface area contributed by atoms with Crippen LogP contribution < -0.4 is 4.72 Å². The number of carboxylic acid groups (broad SMARTS) is 1. The van der Waals surface area contributed by atoms with E-state index in [0.717, 1.165) is 10.7 Å². The third-order valence-electron chi connectivity index (χ3n) is 3.07. The first-order valence-corrected chi connectivity index (χ1v) is 7.52. The van der Waals surface area contributed by atoms with Gasteiger partial charge < -0.3 is 5.11 Å². The van der Waals surface area contributed by atoms with Crippen LogP contribution in [0.1, 0.15) is 19.3 Å². The average molecular weight is 284 g/mol. The van der Waals surface area contributed by atoms with E-state index in [2.05, 4.69) is 4.72 Å². The molecule has 1 aliphatic rings. The molecule has 2 rings (SSSR count). The maximum atomic E-state index is 12.2. The standard InChI is InChI=1S/C12H16N2O4S/c15-12(16)11-8-4-5-9-14(11)19(17,18)13-10-6-2-1-3-7-10/h1-3,6-7,11,13H,4-5,8-9H2,(H,15,16). The molecule has 1 aliphatic heterocycles. The minimum atomic E-state index is -3.83. The summed E-state index contributed by atoms with van der Waals surface area (Å²) in [6, 6.07) is 7.47. The largest absolute Gasteiger partial charge is 0.480 e. The molecule has 0 radical (unpaired) electrons. The third-order valence-corrected chi connectivity index (χ3v) is 4.62. The molecule has 1 fully saturated rings. The molecular weight excluding hydrogens is 268 g/mol. The number of rotatable bonds is 4. The fourth-order valence-electron chi connectivity index (χ4n) is 2.15. The molecule has 0 amide bonds. The Morgan fingerprint density at radius 3 is 2.58 bits per heavy atom. The van der Waals surface area contributed by atoms with Crippen LogP contribution in [0, 0.1) is 0 Å². The molecule has 1 heterocycles. The topological polar surface area (TPSA) is 86.7 Å². The number of carboxylic acids is 1. The van der Waals surface area contributed by atoms with Crippen molar-refractivity contribution in [2.75, 3.05) is 11.3 Å². The Kier molecular flexibility index (Phi) is 4.06. The second-order valence-corrected chi connectivity index (χ2v) is 6.06. The fraction of sp³-hybridized carbons (Fsp3) is 0.417. The van der Waals surface area contributed by atoms with E-state index in [4.69, 9.17) is 5.11 Å². The highest BCUT2D eigenvalue weighted by molar-refractivity contribution is 7.90. The van der Waals surface area contributed by atoms with E-state index in [1.807, 2.05) is 0 Å². The molecule has 1 unspecified atom stereocenters. The Hall–Kier alpha value is -1.60. The van der Waals surface area contributed by atoms with Gasteiger partial charge in [-0.1, -0.05) is 18.2 Å². The van der Waals surface area contributed by atoms with Gasteiger partial charge in [0.05, 0.1) is 0 Å². The number of piperidine rings is 1. The number of carbonyl (C=O) groups is 1. The van der Waals surface area contributed by atoms with Crippen LogP contribution in [0.3, 0.4) is 0 Å². The van der Waals surface area contributed by atoms with E-state index in [1.165, 1.54) is 0 Å². The van der Waals surface area contributed by atoms with Crippen LogP contribution in [0.25, 0.3) is 0 Å². The van der Waals surface area contributed by atoms with Crippen molar-refractivity contribution < 1.29 is 18.3 Å². The monoisotopic (exact) mass is 284 g/mol. The van der Waals surface area contributed by atoms with Crippen LogP contribution in [0.15, 0.2) is 30.3 Å². The smallest absolute Gasteiger partial charge is 0.322 e. The Balaban J connectivity index is 2.20. The highest BCUT2D eigenvalue weighted by atomic mass is 32.2. The third kappa shape index (κ3) is 3.24. The van der Waals surface area contributed by atoms with Crippen molar-refractivity contribution >= 4 is 21.9 Å². The van der Waals surface area contributed by atoms with Gasteiger partial charge in [-0.15, -0.1) is 0 Å². The summed E-state index contributed by atoms with van der Waals surface area (Å²) in [5.74, 6) is -1.10. The van der Waals surface area contributed by atoms with Crippen molar-refractivity contribution in [3.8, 4) is 0 Å². The lowest BCUT2D eigenvalue weighted by molar-refractivity contribution is -0.142. The lowest BCUT2D eigenvalue weighted by Gasteiger charge is -2.31. The van der Waals surface area contributed by atoms with E-state index in [0.29, 0.717) is 18.5 Å². The zero-order valence-corrected chi connectivity index (χ0v) is 11.1. The lowest BCUT2D eigenvalue weighted by atomic mass is 10.1. The van der Waals surface area contributed by atoms with Gasteiger partial charge in [-0.3, -0.25) is 9.52 Å². The molecule has 0 aromatic heterocycles. The van der Waals surface area contributed by atoms with Crippen molar-refractivity contribution in [1.29, 1.82) is 0 Å². The molecule has 1 aromatic rings. The number of hydrogen-bond donors (Lipinski definition) is 2. The first kappa shape index (κ1) is 13.8. The zero-order chi connectivity index (χ0) is 13.9. The number of aliphatic carboxylic acids is 1. The van der Waals surface area contributed by atoms with Gasteiger partial charge in [0.2, 0.25) is 0 Å². The zero-order valence-electron chi connectivity index (χ0n) is 10.3. The summed E-state index contributed by atoms with van der Waals surface area (Å²) < 4.78 is 27.9. The maximum absolute atomic E-state index is 12.2. The minimum absolute atomic E-state index is 0.235. The van der Waals surface area contributed by atoms with Crippen LogP contribution >= 0.6 is 0 Å². The predicted octanol–water partition coefficient (Wildman–Crippen LogP) is 1.28. The van der Waals surface area contributed by atoms with Gasteiger partial charge in [0, 0.05) is 12.2 Å². The molecule has 19 heavy (non-hydrogen) atoms. The summed E-state index contributed by atoms with van der Waals surface area (Å²) in [5.41, 5.74) is 0.428. The number of nitrogens with one attached hydrogen (secondary N) is 1. The summed E-state index contributed by atoms with van der Waals surface area (Å²) in [6.45, 7) is 0.235. The molecule has 2 N–H and O–H groups in total. The minimum Gasteiger partial charge on any atom is -0.480 e. The Bertz CT molecular complexity index is 544. The van der Waals surface area contributed by atoms with Gasteiger partial charge in [0.15, 0.2) is 0 Å². The predicted molar refractivity (Wildman–Crippen MR) is 71.0 cm³/mol. The summed E-state index contributed by atoms with van der Waals surface area (Å²) in [4.78, 5) is 11.1. The number of para-hydroxylation sites is 1. The van der Waals surface area contributed by atoms with E-state index < -0.39 is 22.2 Å². The molecule has 1 atom stereocenters. The second kappa shape index (κ2) is 5.58. The van der Waals surface area contributed by atoms with Gasteiger partial charge in [0.1, 0.15) is 6.04 Å². The van der Waals surface area contributed by atoms with Crippen LogP contribution in [-0.2, 0) is 15.0 Å². The SMILES string of the molecule is O=C(O)C1CCCCN1S(=O)(=O)Nc1ccccc1. The molecule has 0 aliphatic carbocycles. The quantitative estimate of drug-likeness (QED) is 0.872. The van der Waals surface area contributed by atoms with E-state index in [-0.39, 0.29) is 6.54 Å². The molecule has 1 aromatic carbocycles. The number of hydrogen-bond acceptors (Lipinski definition) is 3. The van der Waals surface area contributed by atoms with E-state index in [9.17, 15) is 13.2 Å². The molecule has 104 valence electrons. The normalized spacial score (nSPS) is 20.9. The van der Waals surface area contributed by atoms with Gasteiger partial charge >= 0.3 is 16.2 Å². The summed E-state index contributed by atoms with van der Waals surface area (Å²) in [7, 11) is -3.83. The van der Waals surface area contributed by atoms with E-state index in [1.54, 1.807) is 30.3 Å². The van der Waals surface area contributed by atoms with Gasteiger partial charge in [0.25, 0.3) is 0 Å². The maximum Gasteiger partial charge on any atom is 0.322 e. The highest BCUT2D eigenvalue weighted by Crippen LogP contribution is 2.22. The summed E-state index contributed by atoms with van der Waals surface area (Å²) in [5, 5.41) is 9.10. The van der Waals surface area contributed by atoms with Crippen LogP contribution in [0.4, 0.5) is 5.69 Å². The molecule has 1 saturated heterocycles. The molecule has 0 saturated carbocycles. The Morgan fingerprint density at radius 1 is 1.26 bits per heavy atom. The first-order chi connectivity index (χ1) is 9.00. The second-order valence-electron chi connectivity index (χ2n) is 4.43. The molecule has 7 heteroatoms. The van der Waals surface area contributed by atoms with E-state index >= 15 is 0 Å². The number of nitrogens with zero attached hydrogens (tertiary/aromatic N) is 1. The lowest BCUT2D eigenvalue weighted by Crippen LogP contribution is -2.49. The molecular formula is C12H16N2O4S. The van der Waals surface area contributed by atoms with Crippen molar-refractivity contribution in [3.63, 3.8) is 0 Å². The van der Waals surface area contributed by atoms with Crippen LogP contribution in [-0.4, -0.2) is 36.4 Å². The van der Waals surface area contributed by atoms with Crippen molar-refractivity contribution in [2.24, 2.45) is 0 Å². The highest BCUT2D eigenvalue weighted by Gasteiger charge is 2.36. The van der Waals surface area contributed by atoms with Gasteiger partial charge in [-0.05, 0) is 31.4 Å². The molecule has 0 spiro atoms. The van der Waals surface area contributed by atoms with Crippen LogP contribution in [0.5, 0.6) is 0 Å². The van der Waals surface area contributed by atoms with Crippen molar-refractivity contribution in [2.45, 2.75) is 25.3 Å². The Labute approximate surface area is 112 Å². The molecule has 6 nitrogen and oxygen atoms in total. The van der Waals surface area contributed by atoms with Gasteiger partial charge in [-0.25, -0.2) is 0 Å². The fourth-order valence-corrected chi connectivity index (χ4v) is 3.60.